The maximum absolute atomic E-state index is 12.4. The van der Waals surface area contributed by atoms with Crippen LogP contribution in [0.4, 0.5) is 0 Å². The van der Waals surface area contributed by atoms with Gasteiger partial charge in [-0.2, -0.15) is 0 Å². The van der Waals surface area contributed by atoms with Crippen molar-refractivity contribution >= 4 is 23.2 Å². The number of hydrogen-bond donors (Lipinski definition) is 2. The summed E-state index contributed by atoms with van der Waals surface area (Å²) in [5.74, 6) is 0.00739. The van der Waals surface area contributed by atoms with Crippen molar-refractivity contribution < 1.29 is 24.2 Å². The fourth-order valence-corrected chi connectivity index (χ4v) is 3.95. The van der Waals surface area contributed by atoms with Gasteiger partial charge in [0.1, 0.15) is 9.88 Å². The summed E-state index contributed by atoms with van der Waals surface area (Å²) in [6.07, 6.45) is 3.32. The van der Waals surface area contributed by atoms with Gasteiger partial charge in [0.05, 0.1) is 12.1 Å². The van der Waals surface area contributed by atoms with Crippen molar-refractivity contribution in [3.8, 4) is 22.1 Å². The third kappa shape index (κ3) is 3.17. The lowest BCUT2D eigenvalue weighted by Crippen LogP contribution is -2.32. The number of carboxylic acids is 1. The minimum Gasteiger partial charge on any atom is -0.481 e. The Hall–Kier alpha value is -2.61. The Morgan fingerprint density at radius 1 is 1.24 bits per heavy atom. The van der Waals surface area contributed by atoms with Gasteiger partial charge in [0, 0.05) is 11.6 Å². The quantitative estimate of drug-likeness (QED) is 0.869. The second-order valence-corrected chi connectivity index (χ2v) is 7.15. The average molecular weight is 360 g/mol. The molecule has 7 nitrogen and oxygen atoms in total. The van der Waals surface area contributed by atoms with Crippen molar-refractivity contribution in [1.29, 1.82) is 0 Å². The molecule has 1 aliphatic carbocycles. The van der Waals surface area contributed by atoms with E-state index in [0.29, 0.717) is 35.6 Å². The highest BCUT2D eigenvalue weighted by atomic mass is 32.1. The maximum Gasteiger partial charge on any atom is 0.306 e. The molecule has 2 aliphatic rings. The number of nitrogens with zero attached hydrogens (tertiary/aromatic N) is 1. The molecule has 2 N–H and O–H groups in total. The molecular formula is C17H16N2O5S. The second-order valence-electron chi connectivity index (χ2n) is 6.12. The van der Waals surface area contributed by atoms with Gasteiger partial charge in [-0.1, -0.05) is 0 Å². The Balaban J connectivity index is 1.44. The molecule has 0 radical (unpaired) electrons. The summed E-state index contributed by atoms with van der Waals surface area (Å²) in [4.78, 5) is 28.2. The zero-order valence-corrected chi connectivity index (χ0v) is 14.0. The Bertz CT molecular complexity index is 834. The fourth-order valence-electron chi connectivity index (χ4n) is 3.14. The number of fused-ring (bicyclic) bond motifs is 1. The Morgan fingerprint density at radius 3 is 2.88 bits per heavy atom. The lowest BCUT2D eigenvalue weighted by atomic mass is 10.1. The standard InChI is InChI=1S/C17H16N2O5S/c20-15(19-11-3-1-10(5-11)17(21)22)14-7-18-16(25-14)9-2-4-12-13(6-9)24-8-23-12/h2,4,6-7,10-11H,1,3,5,8H2,(H,19,20)(H,21,22)/t10-,11+/m0/s1. The van der Waals surface area contributed by atoms with Gasteiger partial charge in [-0.25, -0.2) is 4.98 Å². The predicted octanol–water partition coefficient (Wildman–Crippen LogP) is 2.52. The molecule has 130 valence electrons. The van der Waals surface area contributed by atoms with Crippen LogP contribution in [-0.4, -0.2) is 34.8 Å². The number of nitrogens with one attached hydrogen (secondary N) is 1. The molecule has 1 fully saturated rings. The summed E-state index contributed by atoms with van der Waals surface area (Å²) < 4.78 is 10.6. The zero-order chi connectivity index (χ0) is 17.4. The number of ether oxygens (including phenoxy) is 2. The van der Waals surface area contributed by atoms with Gasteiger partial charge in [0.25, 0.3) is 5.91 Å². The number of thiazole rings is 1. The maximum atomic E-state index is 12.4. The van der Waals surface area contributed by atoms with Crippen molar-refractivity contribution in [2.45, 2.75) is 25.3 Å². The highest BCUT2D eigenvalue weighted by molar-refractivity contribution is 7.16. The number of hydrogen-bond acceptors (Lipinski definition) is 6. The van der Waals surface area contributed by atoms with Crippen molar-refractivity contribution in [3.63, 3.8) is 0 Å². The van der Waals surface area contributed by atoms with Gasteiger partial charge < -0.3 is 19.9 Å². The first-order valence-corrected chi connectivity index (χ1v) is 8.81. The largest absolute Gasteiger partial charge is 0.481 e. The van der Waals surface area contributed by atoms with Crippen molar-refractivity contribution in [2.75, 3.05) is 6.79 Å². The van der Waals surface area contributed by atoms with E-state index in [1.807, 2.05) is 18.2 Å². The van der Waals surface area contributed by atoms with E-state index in [-0.39, 0.29) is 24.7 Å². The van der Waals surface area contributed by atoms with Gasteiger partial charge in [-0.3, -0.25) is 9.59 Å². The molecule has 2 heterocycles. The second kappa shape index (κ2) is 6.36. The van der Waals surface area contributed by atoms with Crippen LogP contribution in [0.1, 0.15) is 28.9 Å². The third-order valence-electron chi connectivity index (χ3n) is 4.47. The number of carboxylic acid groups (broad SMARTS) is 1. The fraction of sp³-hybridized carbons (Fsp3) is 0.353. The summed E-state index contributed by atoms with van der Waals surface area (Å²) in [7, 11) is 0. The van der Waals surface area contributed by atoms with E-state index in [0.717, 1.165) is 10.6 Å². The lowest BCUT2D eigenvalue weighted by molar-refractivity contribution is -0.141. The smallest absolute Gasteiger partial charge is 0.306 e. The third-order valence-corrected chi connectivity index (χ3v) is 5.51. The summed E-state index contributed by atoms with van der Waals surface area (Å²) in [5.41, 5.74) is 0.861. The van der Waals surface area contributed by atoms with E-state index < -0.39 is 5.97 Å². The highest BCUT2D eigenvalue weighted by Gasteiger charge is 2.31. The number of carbonyl (C=O) groups is 2. The van der Waals surface area contributed by atoms with Crippen molar-refractivity contribution in [2.24, 2.45) is 5.92 Å². The molecule has 0 bridgehead atoms. The van der Waals surface area contributed by atoms with Crippen molar-refractivity contribution in [1.82, 2.24) is 10.3 Å². The summed E-state index contributed by atoms with van der Waals surface area (Å²) in [5, 5.41) is 12.7. The average Bonchev–Trinajstić information content (AvgIpc) is 3.33. The Morgan fingerprint density at radius 2 is 2.08 bits per heavy atom. The molecule has 0 saturated heterocycles. The SMILES string of the molecule is O=C(N[C@@H]1CC[C@H](C(=O)O)C1)c1cnc(-c2ccc3c(c2)OCO3)s1. The topological polar surface area (TPSA) is 97.8 Å². The molecule has 1 saturated carbocycles. The molecule has 2 atom stereocenters. The van der Waals surface area contributed by atoms with Gasteiger partial charge in [0.2, 0.25) is 6.79 Å². The molecule has 1 aromatic carbocycles. The predicted molar refractivity (Wildman–Crippen MR) is 89.9 cm³/mol. The van der Waals surface area contributed by atoms with Crippen LogP contribution in [-0.2, 0) is 4.79 Å². The number of aromatic nitrogens is 1. The molecule has 25 heavy (non-hydrogen) atoms. The molecule has 2 aromatic rings. The molecule has 4 rings (SSSR count). The molecular weight excluding hydrogens is 344 g/mol. The van der Waals surface area contributed by atoms with Gasteiger partial charge in [-0.15, -0.1) is 11.3 Å². The molecule has 1 aromatic heterocycles. The van der Waals surface area contributed by atoms with Crippen LogP contribution in [0.5, 0.6) is 11.5 Å². The number of rotatable bonds is 4. The first-order valence-electron chi connectivity index (χ1n) is 7.99. The zero-order valence-electron chi connectivity index (χ0n) is 13.2. The van der Waals surface area contributed by atoms with Gasteiger partial charge >= 0.3 is 5.97 Å². The molecule has 0 unspecified atom stereocenters. The lowest BCUT2D eigenvalue weighted by Gasteiger charge is -2.10. The summed E-state index contributed by atoms with van der Waals surface area (Å²) >= 11 is 1.29. The first-order chi connectivity index (χ1) is 12.1. The minimum atomic E-state index is -0.792. The molecule has 1 aliphatic heterocycles. The summed E-state index contributed by atoms with van der Waals surface area (Å²) in [6, 6.07) is 5.45. The summed E-state index contributed by atoms with van der Waals surface area (Å²) in [6.45, 7) is 0.211. The van der Waals surface area contributed by atoms with Crippen molar-refractivity contribution in [3.05, 3.63) is 29.3 Å². The van der Waals surface area contributed by atoms with E-state index in [2.05, 4.69) is 10.3 Å². The van der Waals surface area contributed by atoms with Crippen LogP contribution < -0.4 is 14.8 Å². The minimum absolute atomic E-state index is 0.0929. The molecule has 8 heteroatoms. The van der Waals surface area contributed by atoms with Crippen LogP contribution in [0.2, 0.25) is 0 Å². The highest BCUT2D eigenvalue weighted by Crippen LogP contribution is 2.37. The van der Waals surface area contributed by atoms with E-state index in [4.69, 9.17) is 14.6 Å². The van der Waals surface area contributed by atoms with Crippen LogP contribution in [0.15, 0.2) is 24.4 Å². The number of amides is 1. The van der Waals surface area contributed by atoms with Gasteiger partial charge in [-0.05, 0) is 37.5 Å². The van der Waals surface area contributed by atoms with Crippen LogP contribution >= 0.6 is 11.3 Å². The number of aliphatic carboxylic acids is 1. The molecule has 1 amide bonds. The van der Waals surface area contributed by atoms with Crippen LogP contribution in [0.3, 0.4) is 0 Å². The van der Waals surface area contributed by atoms with Crippen LogP contribution in [0, 0.1) is 5.92 Å². The first kappa shape index (κ1) is 15.9. The Kier molecular flexibility index (Phi) is 4.04. The monoisotopic (exact) mass is 360 g/mol. The Labute approximate surface area is 147 Å². The van der Waals surface area contributed by atoms with E-state index in [1.165, 1.54) is 11.3 Å². The van der Waals surface area contributed by atoms with E-state index >= 15 is 0 Å². The number of carbonyl (C=O) groups excluding carboxylic acids is 1. The molecule has 0 spiro atoms. The number of benzene rings is 1. The normalized spacial score (nSPS) is 21.3. The van der Waals surface area contributed by atoms with E-state index in [1.54, 1.807) is 6.20 Å². The van der Waals surface area contributed by atoms with Gasteiger partial charge in [0.15, 0.2) is 11.5 Å². The van der Waals surface area contributed by atoms with E-state index in [9.17, 15) is 9.59 Å². The van der Waals surface area contributed by atoms with Crippen LogP contribution in [0.25, 0.3) is 10.6 Å².